The van der Waals surface area contributed by atoms with Crippen molar-refractivity contribution in [2.45, 2.75) is 20.3 Å². The van der Waals surface area contributed by atoms with Gasteiger partial charge in [0.25, 0.3) is 0 Å². The first-order valence-electron chi connectivity index (χ1n) is 5.28. The van der Waals surface area contributed by atoms with Crippen molar-refractivity contribution in [1.29, 1.82) is 0 Å². The van der Waals surface area contributed by atoms with Gasteiger partial charge in [0.2, 0.25) is 0 Å². The lowest BCUT2D eigenvalue weighted by molar-refractivity contribution is 1.13. The third-order valence-electron chi connectivity index (χ3n) is 2.82. The van der Waals surface area contributed by atoms with Crippen LogP contribution >= 0.6 is 0 Å². The van der Waals surface area contributed by atoms with E-state index in [0.717, 1.165) is 6.42 Å². The molecule has 0 N–H and O–H groups in total. The summed E-state index contributed by atoms with van der Waals surface area (Å²) in [6.45, 7) is 4.28. The molecule has 75 valence electrons. The maximum absolute atomic E-state index is 3.24. The molecule has 0 amide bonds. The van der Waals surface area contributed by atoms with Gasteiger partial charge in [0.1, 0.15) is 0 Å². The van der Waals surface area contributed by atoms with Crippen LogP contribution in [-0.2, 0) is 6.42 Å². The van der Waals surface area contributed by atoms with Gasteiger partial charge >= 0.3 is 0 Å². The normalized spacial score (nSPS) is 10.3. The van der Waals surface area contributed by atoms with Gasteiger partial charge in [-0.3, -0.25) is 0 Å². The van der Waals surface area contributed by atoms with Crippen molar-refractivity contribution in [3.63, 3.8) is 0 Å². The van der Waals surface area contributed by atoms with Crippen LogP contribution in [-0.4, -0.2) is 0 Å². The van der Waals surface area contributed by atoms with E-state index in [-0.39, 0.29) is 0 Å². The highest BCUT2D eigenvalue weighted by Gasteiger charge is 2.01. The largest absolute Gasteiger partial charge is 0.0620 e. The molecule has 0 aliphatic carbocycles. The molecular weight excluding hydrogens is 180 g/mol. The average Bonchev–Trinajstić information content (AvgIpc) is 2.24. The minimum absolute atomic E-state index is 1.01. The molecule has 15 heavy (non-hydrogen) atoms. The van der Waals surface area contributed by atoms with Gasteiger partial charge in [-0.2, -0.15) is 0 Å². The van der Waals surface area contributed by atoms with Gasteiger partial charge in [-0.1, -0.05) is 42.5 Å². The van der Waals surface area contributed by atoms with E-state index >= 15 is 0 Å². The van der Waals surface area contributed by atoms with Crippen LogP contribution in [0.15, 0.2) is 42.5 Å². The Bertz CT molecular complexity index is 412. The Morgan fingerprint density at radius 1 is 0.933 bits per heavy atom. The highest BCUT2D eigenvalue weighted by molar-refractivity contribution is 5.34. The predicted octanol–water partition coefficient (Wildman–Crippen LogP) is 3.69. The molecule has 2 rings (SSSR count). The molecule has 0 heterocycles. The Balaban J connectivity index is 2.30. The Morgan fingerprint density at radius 2 is 1.67 bits per heavy atom. The summed E-state index contributed by atoms with van der Waals surface area (Å²) in [6, 6.07) is 18.0. The van der Waals surface area contributed by atoms with Crippen molar-refractivity contribution in [3.05, 3.63) is 70.8 Å². The van der Waals surface area contributed by atoms with Crippen LogP contribution in [0.25, 0.3) is 0 Å². The lowest BCUT2D eigenvalue weighted by Gasteiger charge is -2.07. The summed E-state index contributed by atoms with van der Waals surface area (Å²) in [5, 5.41) is 0. The van der Waals surface area contributed by atoms with E-state index in [9.17, 15) is 0 Å². The second kappa shape index (κ2) is 4.31. The Kier molecular flexibility index (Phi) is 2.86. The fourth-order valence-corrected chi connectivity index (χ4v) is 1.76. The molecule has 1 radical (unpaired) electrons. The Hall–Kier alpha value is -1.56. The monoisotopic (exact) mass is 195 g/mol. The van der Waals surface area contributed by atoms with Gasteiger partial charge in [-0.15, -0.1) is 0 Å². The van der Waals surface area contributed by atoms with Crippen LogP contribution in [0.5, 0.6) is 0 Å². The topological polar surface area (TPSA) is 0 Å². The van der Waals surface area contributed by atoms with E-state index in [4.69, 9.17) is 0 Å². The number of rotatable bonds is 2. The Labute approximate surface area is 91.6 Å². The van der Waals surface area contributed by atoms with Crippen molar-refractivity contribution in [2.24, 2.45) is 0 Å². The first kappa shape index (κ1) is 9.97. The van der Waals surface area contributed by atoms with Crippen molar-refractivity contribution in [2.75, 3.05) is 0 Å². The van der Waals surface area contributed by atoms with E-state index in [1.54, 1.807) is 0 Å². The lowest BCUT2D eigenvalue weighted by Crippen LogP contribution is -1.93. The minimum atomic E-state index is 1.01. The maximum atomic E-state index is 3.24. The fourth-order valence-electron chi connectivity index (χ4n) is 1.76. The Morgan fingerprint density at radius 3 is 2.40 bits per heavy atom. The first-order valence-corrected chi connectivity index (χ1v) is 5.28. The zero-order valence-corrected chi connectivity index (χ0v) is 9.25. The van der Waals surface area contributed by atoms with Crippen molar-refractivity contribution >= 4 is 0 Å². The van der Waals surface area contributed by atoms with Gasteiger partial charge in [-0.25, -0.2) is 0 Å². The van der Waals surface area contributed by atoms with Crippen molar-refractivity contribution in [1.82, 2.24) is 0 Å². The molecule has 0 aliphatic heterocycles. The molecule has 0 heteroatoms. The third-order valence-corrected chi connectivity index (χ3v) is 2.82. The summed E-state index contributed by atoms with van der Waals surface area (Å²) in [5.41, 5.74) is 5.38. The average molecular weight is 195 g/mol. The van der Waals surface area contributed by atoms with Crippen LogP contribution in [0.4, 0.5) is 0 Å². The summed E-state index contributed by atoms with van der Waals surface area (Å²) >= 11 is 0. The summed E-state index contributed by atoms with van der Waals surface area (Å²) in [5.74, 6) is 0. The van der Waals surface area contributed by atoms with Crippen molar-refractivity contribution in [3.8, 4) is 0 Å². The first-order chi connectivity index (χ1) is 7.27. The summed E-state index contributed by atoms with van der Waals surface area (Å²) in [4.78, 5) is 0. The third kappa shape index (κ3) is 2.27. The minimum Gasteiger partial charge on any atom is -0.0620 e. The number of hydrogen-bond donors (Lipinski definition) is 0. The molecular formula is C15H15. The SMILES string of the molecule is Cc1[c]cccc1Cc1ccccc1C. The van der Waals surface area contributed by atoms with Gasteiger partial charge in [0.05, 0.1) is 0 Å². The standard InChI is InChI=1S/C15H15/c1-12-7-3-5-9-14(12)11-15-10-6-4-8-13(15)2/h3-7,9-10H,11H2,1-2H3. The fraction of sp³-hybridized carbons (Fsp3) is 0.200. The smallest absolute Gasteiger partial charge is 0.00203 e. The molecule has 0 unspecified atom stereocenters. The molecule has 0 atom stereocenters. The zero-order chi connectivity index (χ0) is 10.7. The van der Waals surface area contributed by atoms with Crippen LogP contribution in [0.3, 0.4) is 0 Å². The van der Waals surface area contributed by atoms with Gasteiger partial charge < -0.3 is 0 Å². The molecule has 0 saturated heterocycles. The van der Waals surface area contributed by atoms with E-state index in [2.05, 4.69) is 56.3 Å². The van der Waals surface area contributed by atoms with E-state index in [1.165, 1.54) is 22.3 Å². The zero-order valence-electron chi connectivity index (χ0n) is 9.25. The van der Waals surface area contributed by atoms with Crippen LogP contribution < -0.4 is 0 Å². The van der Waals surface area contributed by atoms with Gasteiger partial charge in [0.15, 0.2) is 0 Å². The molecule has 0 fully saturated rings. The molecule has 0 nitrogen and oxygen atoms in total. The quantitative estimate of drug-likeness (QED) is 0.685. The molecule has 0 bridgehead atoms. The highest BCUT2D eigenvalue weighted by atomic mass is 14.1. The van der Waals surface area contributed by atoms with Crippen molar-refractivity contribution < 1.29 is 0 Å². The number of hydrogen-bond acceptors (Lipinski definition) is 0. The van der Waals surface area contributed by atoms with E-state index in [1.807, 2.05) is 6.07 Å². The maximum Gasteiger partial charge on any atom is -0.00203 e. The predicted molar refractivity (Wildman–Crippen MR) is 64.0 cm³/mol. The van der Waals surface area contributed by atoms with Crippen LogP contribution in [0.1, 0.15) is 22.3 Å². The lowest BCUT2D eigenvalue weighted by atomic mass is 9.98. The second-order valence-electron chi connectivity index (χ2n) is 3.92. The summed E-state index contributed by atoms with van der Waals surface area (Å²) in [6.07, 6.45) is 1.01. The molecule has 0 spiro atoms. The highest BCUT2D eigenvalue weighted by Crippen LogP contribution is 2.15. The van der Waals surface area contributed by atoms with Crippen LogP contribution in [0.2, 0.25) is 0 Å². The van der Waals surface area contributed by atoms with Crippen LogP contribution in [0, 0.1) is 19.9 Å². The summed E-state index contributed by atoms with van der Waals surface area (Å²) < 4.78 is 0. The molecule has 0 aliphatic rings. The number of aryl methyl sites for hydroxylation is 2. The molecule has 2 aromatic rings. The number of benzene rings is 2. The van der Waals surface area contributed by atoms with Gasteiger partial charge in [-0.05, 0) is 48.6 Å². The van der Waals surface area contributed by atoms with E-state index < -0.39 is 0 Å². The van der Waals surface area contributed by atoms with Gasteiger partial charge in [0, 0.05) is 0 Å². The van der Waals surface area contributed by atoms with E-state index in [0.29, 0.717) is 0 Å². The molecule has 0 saturated carbocycles. The molecule has 2 aromatic carbocycles. The second-order valence-corrected chi connectivity index (χ2v) is 3.92. The summed E-state index contributed by atoms with van der Waals surface area (Å²) in [7, 11) is 0. The molecule has 0 aromatic heterocycles.